The molecule has 4 nitrogen and oxygen atoms in total. The van der Waals surface area contributed by atoms with Gasteiger partial charge >= 0.3 is 0 Å². The monoisotopic (exact) mass is 307 g/mol. The molecule has 0 aliphatic heterocycles. The molecule has 0 radical (unpaired) electrons. The van der Waals surface area contributed by atoms with Gasteiger partial charge in [-0.2, -0.15) is 0 Å². The predicted molar refractivity (Wildman–Crippen MR) is 92.9 cm³/mol. The van der Waals surface area contributed by atoms with Crippen LogP contribution in [0.4, 0.5) is 5.69 Å². The molecule has 3 aromatic rings. The van der Waals surface area contributed by atoms with Crippen LogP contribution in [0.1, 0.15) is 27.9 Å². The number of amides is 1. The molecule has 1 aromatic carbocycles. The molecule has 23 heavy (non-hydrogen) atoms. The molecule has 1 amide bonds. The van der Waals surface area contributed by atoms with E-state index in [-0.39, 0.29) is 12.3 Å². The van der Waals surface area contributed by atoms with Crippen LogP contribution in [-0.2, 0) is 11.2 Å². The van der Waals surface area contributed by atoms with Gasteiger partial charge in [0.25, 0.3) is 0 Å². The maximum absolute atomic E-state index is 12.4. The van der Waals surface area contributed by atoms with Gasteiger partial charge in [0, 0.05) is 18.1 Å². The van der Waals surface area contributed by atoms with Gasteiger partial charge < -0.3 is 9.72 Å². The normalized spacial score (nSPS) is 11.0. The molecule has 2 aromatic heterocycles. The minimum Gasteiger partial charge on any atom is -0.325 e. The van der Waals surface area contributed by atoms with E-state index >= 15 is 0 Å². The summed E-state index contributed by atoms with van der Waals surface area (Å²) in [6.45, 7) is 8.13. The van der Waals surface area contributed by atoms with E-state index < -0.39 is 0 Å². The van der Waals surface area contributed by atoms with Gasteiger partial charge in [0.1, 0.15) is 5.65 Å². The van der Waals surface area contributed by atoms with Gasteiger partial charge in [-0.05, 0) is 56.5 Å². The summed E-state index contributed by atoms with van der Waals surface area (Å²) in [5.74, 6) is -0.0415. The van der Waals surface area contributed by atoms with E-state index in [0.29, 0.717) is 0 Å². The Morgan fingerprint density at radius 3 is 2.48 bits per heavy atom. The van der Waals surface area contributed by atoms with Gasteiger partial charge in [0.15, 0.2) is 0 Å². The number of hydrogen-bond acceptors (Lipinski definition) is 2. The van der Waals surface area contributed by atoms with Gasteiger partial charge in [0.05, 0.1) is 12.1 Å². The number of carbonyl (C=O) groups is 1. The van der Waals surface area contributed by atoms with E-state index in [1.165, 1.54) is 5.56 Å². The maximum atomic E-state index is 12.4. The van der Waals surface area contributed by atoms with Crippen molar-refractivity contribution in [3.63, 3.8) is 0 Å². The number of anilines is 1. The second-order valence-corrected chi connectivity index (χ2v) is 6.20. The number of benzene rings is 1. The van der Waals surface area contributed by atoms with E-state index in [4.69, 9.17) is 0 Å². The Kier molecular flexibility index (Phi) is 3.90. The van der Waals surface area contributed by atoms with Crippen LogP contribution in [0.2, 0.25) is 0 Å². The zero-order valence-electron chi connectivity index (χ0n) is 14.0. The lowest BCUT2D eigenvalue weighted by atomic mass is 10.0. The summed E-state index contributed by atoms with van der Waals surface area (Å²) < 4.78 is 1.94. The predicted octanol–water partition coefficient (Wildman–Crippen LogP) is 3.75. The van der Waals surface area contributed by atoms with E-state index in [2.05, 4.69) is 29.4 Å². The van der Waals surface area contributed by atoms with Crippen LogP contribution in [0.25, 0.3) is 5.65 Å². The van der Waals surface area contributed by atoms with Crippen molar-refractivity contribution in [3.05, 3.63) is 64.6 Å². The molecule has 2 heterocycles. The highest BCUT2D eigenvalue weighted by atomic mass is 16.1. The minimum absolute atomic E-state index is 0.0415. The fourth-order valence-corrected chi connectivity index (χ4v) is 2.95. The molecule has 0 atom stereocenters. The van der Waals surface area contributed by atoms with Crippen LogP contribution in [-0.4, -0.2) is 15.3 Å². The van der Waals surface area contributed by atoms with Gasteiger partial charge in [0.2, 0.25) is 5.91 Å². The molecule has 0 aliphatic carbocycles. The molecule has 0 bridgehead atoms. The maximum Gasteiger partial charge on any atom is 0.230 e. The molecule has 0 saturated heterocycles. The van der Waals surface area contributed by atoms with Crippen LogP contribution in [0, 0.1) is 27.7 Å². The lowest BCUT2D eigenvalue weighted by Gasteiger charge is -2.12. The average Bonchev–Trinajstić information content (AvgIpc) is 2.84. The van der Waals surface area contributed by atoms with Crippen molar-refractivity contribution < 1.29 is 4.79 Å². The van der Waals surface area contributed by atoms with Crippen LogP contribution >= 0.6 is 0 Å². The fourth-order valence-electron chi connectivity index (χ4n) is 2.95. The molecule has 0 fully saturated rings. The van der Waals surface area contributed by atoms with Crippen molar-refractivity contribution in [1.82, 2.24) is 9.38 Å². The van der Waals surface area contributed by atoms with Crippen molar-refractivity contribution >= 4 is 17.2 Å². The number of pyridine rings is 1. The van der Waals surface area contributed by atoms with Crippen LogP contribution in [0.15, 0.2) is 36.7 Å². The number of imidazole rings is 1. The third kappa shape index (κ3) is 3.26. The largest absolute Gasteiger partial charge is 0.325 e. The molecule has 0 unspecified atom stereocenters. The third-order valence-corrected chi connectivity index (χ3v) is 3.95. The molecule has 0 aliphatic rings. The van der Waals surface area contributed by atoms with Gasteiger partial charge in [-0.15, -0.1) is 0 Å². The first kappa shape index (κ1) is 15.3. The summed E-state index contributed by atoms with van der Waals surface area (Å²) in [6.07, 6.45) is 4.14. The lowest BCUT2D eigenvalue weighted by molar-refractivity contribution is -0.115. The molecule has 118 valence electrons. The fraction of sp³-hybridized carbons (Fsp3) is 0.263. The Balaban J connectivity index is 1.78. The Bertz CT molecular complexity index is 870. The summed E-state index contributed by atoms with van der Waals surface area (Å²) in [4.78, 5) is 16.9. The molecule has 4 heteroatoms. The van der Waals surface area contributed by atoms with E-state index in [0.717, 1.165) is 33.7 Å². The highest BCUT2D eigenvalue weighted by Gasteiger charge is 2.11. The quantitative estimate of drug-likeness (QED) is 0.801. The molecule has 3 rings (SSSR count). The summed E-state index contributed by atoms with van der Waals surface area (Å²) >= 11 is 0. The van der Waals surface area contributed by atoms with Crippen molar-refractivity contribution in [2.24, 2.45) is 0 Å². The summed E-state index contributed by atoms with van der Waals surface area (Å²) in [5, 5.41) is 3.02. The first-order valence-electron chi connectivity index (χ1n) is 7.74. The van der Waals surface area contributed by atoms with Gasteiger partial charge in [-0.25, -0.2) is 4.98 Å². The SMILES string of the molecule is Cc1cc(C)c(NC(=O)Cc2cn3ccc(C)cc3n2)c(C)c1. The number of aromatic nitrogens is 2. The second-order valence-electron chi connectivity index (χ2n) is 6.20. The highest BCUT2D eigenvalue weighted by molar-refractivity contribution is 5.93. The Morgan fingerprint density at radius 2 is 1.78 bits per heavy atom. The Morgan fingerprint density at radius 1 is 1.09 bits per heavy atom. The number of fused-ring (bicyclic) bond motifs is 1. The van der Waals surface area contributed by atoms with Crippen molar-refractivity contribution in [1.29, 1.82) is 0 Å². The van der Waals surface area contributed by atoms with E-state index in [9.17, 15) is 4.79 Å². The van der Waals surface area contributed by atoms with Crippen molar-refractivity contribution in [3.8, 4) is 0 Å². The van der Waals surface area contributed by atoms with E-state index in [1.807, 2.05) is 49.7 Å². The third-order valence-electron chi connectivity index (χ3n) is 3.95. The molecule has 1 N–H and O–H groups in total. The van der Waals surface area contributed by atoms with Crippen LogP contribution in [0.5, 0.6) is 0 Å². The van der Waals surface area contributed by atoms with Crippen molar-refractivity contribution in [2.45, 2.75) is 34.1 Å². The number of aryl methyl sites for hydroxylation is 4. The number of rotatable bonds is 3. The Labute approximate surface area is 136 Å². The Hall–Kier alpha value is -2.62. The number of nitrogens with one attached hydrogen (secondary N) is 1. The summed E-state index contributed by atoms with van der Waals surface area (Å²) in [7, 11) is 0. The second kappa shape index (κ2) is 5.88. The van der Waals surface area contributed by atoms with Crippen LogP contribution < -0.4 is 5.32 Å². The molecule has 0 spiro atoms. The highest BCUT2D eigenvalue weighted by Crippen LogP contribution is 2.22. The average molecular weight is 307 g/mol. The molecule has 0 saturated carbocycles. The zero-order chi connectivity index (χ0) is 16.6. The smallest absolute Gasteiger partial charge is 0.230 e. The van der Waals surface area contributed by atoms with Gasteiger partial charge in [-0.3, -0.25) is 4.79 Å². The molecular formula is C19H21N3O. The number of hydrogen-bond donors (Lipinski definition) is 1. The topological polar surface area (TPSA) is 46.4 Å². The zero-order valence-corrected chi connectivity index (χ0v) is 14.0. The summed E-state index contributed by atoms with van der Waals surface area (Å²) in [5.41, 5.74) is 7.08. The standard InChI is InChI=1S/C19H21N3O/c1-12-5-6-22-11-16(20-17(22)9-12)10-18(23)21-19-14(3)7-13(2)8-15(19)4/h5-9,11H,10H2,1-4H3,(H,21,23). The summed E-state index contributed by atoms with van der Waals surface area (Å²) in [6, 6.07) is 8.19. The molecular weight excluding hydrogens is 286 g/mol. The van der Waals surface area contributed by atoms with Crippen LogP contribution in [0.3, 0.4) is 0 Å². The number of nitrogens with zero attached hydrogens (tertiary/aromatic N) is 2. The first-order valence-corrected chi connectivity index (χ1v) is 7.74. The van der Waals surface area contributed by atoms with E-state index in [1.54, 1.807) is 0 Å². The van der Waals surface area contributed by atoms with Crippen molar-refractivity contribution in [2.75, 3.05) is 5.32 Å². The first-order chi connectivity index (χ1) is 10.9. The van der Waals surface area contributed by atoms with Gasteiger partial charge in [-0.1, -0.05) is 17.7 Å². The number of carbonyl (C=O) groups excluding carboxylic acids is 1. The minimum atomic E-state index is -0.0415. The lowest BCUT2D eigenvalue weighted by Crippen LogP contribution is -2.16.